The van der Waals surface area contributed by atoms with Crippen LogP contribution in [0.3, 0.4) is 0 Å². The van der Waals surface area contributed by atoms with E-state index in [1.165, 1.54) is 6.07 Å². The number of fused-ring (bicyclic) bond motifs is 3. The molecule has 148 valence electrons. The van der Waals surface area contributed by atoms with E-state index in [4.69, 9.17) is 14.5 Å². The molecule has 1 spiro atoms. The molecule has 28 heavy (non-hydrogen) atoms. The topological polar surface area (TPSA) is 44.2 Å². The molecule has 2 aliphatic carbocycles. The number of rotatable bonds is 1. The summed E-state index contributed by atoms with van der Waals surface area (Å²) in [6.45, 7) is 5.88. The molecule has 4 nitrogen and oxygen atoms in total. The van der Waals surface area contributed by atoms with E-state index in [-0.39, 0.29) is 17.2 Å². The first-order valence-corrected chi connectivity index (χ1v) is 10.5. The van der Waals surface area contributed by atoms with Gasteiger partial charge in [-0.05, 0) is 37.3 Å². The Kier molecular flexibility index (Phi) is 4.30. The molecule has 0 amide bonds. The van der Waals surface area contributed by atoms with E-state index in [0.29, 0.717) is 35.5 Å². The number of hydrogen-bond acceptors (Lipinski definition) is 5. The first-order valence-electron chi connectivity index (χ1n) is 10.1. The molecule has 2 aromatic rings. The zero-order chi connectivity index (χ0) is 19.5. The number of halogens is 1. The lowest BCUT2D eigenvalue weighted by molar-refractivity contribution is -0.234. The third-order valence-electron chi connectivity index (χ3n) is 7.26. The summed E-state index contributed by atoms with van der Waals surface area (Å²) in [5.74, 6) is -0.0420. The summed E-state index contributed by atoms with van der Waals surface area (Å²) < 4.78 is 26.7. The zero-order valence-electron chi connectivity index (χ0n) is 16.2. The molecule has 1 aromatic heterocycles. The predicted octanol–water partition coefficient (Wildman–Crippen LogP) is 4.56. The van der Waals surface area contributed by atoms with Crippen LogP contribution in [0.25, 0.3) is 11.3 Å². The highest BCUT2D eigenvalue weighted by Crippen LogP contribution is 2.57. The Hall–Kier alpha value is -1.50. The highest BCUT2D eigenvalue weighted by molar-refractivity contribution is 7.80. The predicted molar refractivity (Wildman–Crippen MR) is 107 cm³/mol. The Morgan fingerprint density at radius 3 is 2.64 bits per heavy atom. The summed E-state index contributed by atoms with van der Waals surface area (Å²) in [5, 5.41) is 0.403. The van der Waals surface area contributed by atoms with E-state index < -0.39 is 5.79 Å². The fourth-order valence-electron chi connectivity index (χ4n) is 5.80. The van der Waals surface area contributed by atoms with Crippen LogP contribution >= 0.6 is 12.6 Å². The van der Waals surface area contributed by atoms with Gasteiger partial charge in [0.1, 0.15) is 5.82 Å². The number of benzene rings is 1. The van der Waals surface area contributed by atoms with Gasteiger partial charge < -0.3 is 9.47 Å². The van der Waals surface area contributed by atoms with Crippen molar-refractivity contribution in [3.63, 3.8) is 0 Å². The molecule has 0 radical (unpaired) electrons. The molecule has 1 saturated heterocycles. The minimum atomic E-state index is -0.452. The second-order valence-corrected chi connectivity index (χ2v) is 8.94. The SMILES string of the molecule is C[C@@H]1[C@H]2CCc3c(-c4ccccc4F)nc(S)nc3[C@]2(C)CCC12OCCO2. The molecule has 1 saturated carbocycles. The van der Waals surface area contributed by atoms with Crippen molar-refractivity contribution >= 4 is 12.6 Å². The largest absolute Gasteiger partial charge is 0.347 e. The van der Waals surface area contributed by atoms with Crippen molar-refractivity contribution in [1.82, 2.24) is 9.97 Å². The maximum atomic E-state index is 14.5. The lowest BCUT2D eigenvalue weighted by Gasteiger charge is -2.54. The van der Waals surface area contributed by atoms with Gasteiger partial charge in [0.2, 0.25) is 0 Å². The van der Waals surface area contributed by atoms with Crippen molar-refractivity contribution in [2.45, 2.75) is 55.9 Å². The van der Waals surface area contributed by atoms with Gasteiger partial charge in [-0.1, -0.05) is 26.0 Å². The average molecular weight is 401 g/mol. The van der Waals surface area contributed by atoms with E-state index in [1.807, 2.05) is 6.07 Å². The van der Waals surface area contributed by atoms with Crippen LogP contribution < -0.4 is 0 Å². The van der Waals surface area contributed by atoms with Gasteiger partial charge in [0.25, 0.3) is 0 Å². The van der Waals surface area contributed by atoms with Gasteiger partial charge in [0.05, 0.1) is 24.6 Å². The third-order valence-corrected chi connectivity index (χ3v) is 7.46. The van der Waals surface area contributed by atoms with Gasteiger partial charge in [0, 0.05) is 28.9 Å². The molecule has 1 aliphatic heterocycles. The summed E-state index contributed by atoms with van der Waals surface area (Å²) in [5.41, 5.74) is 3.20. The summed E-state index contributed by atoms with van der Waals surface area (Å²) in [6.07, 6.45) is 3.60. The highest BCUT2D eigenvalue weighted by atomic mass is 32.1. The molecule has 1 aromatic carbocycles. The Morgan fingerprint density at radius 2 is 1.89 bits per heavy atom. The fourth-order valence-corrected chi connectivity index (χ4v) is 6.00. The Balaban J connectivity index is 1.63. The van der Waals surface area contributed by atoms with Gasteiger partial charge in [-0.3, -0.25) is 0 Å². The molecule has 3 atom stereocenters. The van der Waals surface area contributed by atoms with Crippen molar-refractivity contribution in [3.05, 3.63) is 41.3 Å². The van der Waals surface area contributed by atoms with Crippen LogP contribution in [0.4, 0.5) is 4.39 Å². The van der Waals surface area contributed by atoms with E-state index >= 15 is 0 Å². The molecule has 3 aliphatic rings. The van der Waals surface area contributed by atoms with E-state index in [9.17, 15) is 4.39 Å². The number of thiol groups is 1. The first kappa shape index (κ1) is 18.5. The number of ether oxygens (including phenoxy) is 2. The van der Waals surface area contributed by atoms with E-state index in [0.717, 1.165) is 36.9 Å². The molecule has 2 fully saturated rings. The molecule has 2 heterocycles. The first-order chi connectivity index (χ1) is 13.4. The second-order valence-electron chi connectivity index (χ2n) is 8.54. The Bertz CT molecular complexity index is 931. The van der Waals surface area contributed by atoms with Crippen molar-refractivity contribution in [3.8, 4) is 11.3 Å². The van der Waals surface area contributed by atoms with Gasteiger partial charge in [-0.15, -0.1) is 12.6 Å². The summed E-state index contributed by atoms with van der Waals surface area (Å²) in [4.78, 5) is 9.32. The molecular weight excluding hydrogens is 375 g/mol. The van der Waals surface area contributed by atoms with Crippen LogP contribution in [0, 0.1) is 17.7 Å². The lowest BCUT2D eigenvalue weighted by Crippen LogP contribution is -2.55. The Labute approximate surface area is 170 Å². The molecule has 6 heteroatoms. The van der Waals surface area contributed by atoms with Crippen LogP contribution in [0.15, 0.2) is 29.4 Å². The number of hydrogen-bond donors (Lipinski definition) is 1. The molecule has 0 bridgehead atoms. The molecular formula is C22H25FN2O2S. The minimum absolute atomic E-state index is 0.117. The number of aromatic nitrogens is 2. The quantitative estimate of drug-likeness (QED) is 0.563. The maximum absolute atomic E-state index is 14.5. The lowest BCUT2D eigenvalue weighted by atomic mass is 9.54. The van der Waals surface area contributed by atoms with Crippen LogP contribution in [-0.2, 0) is 21.3 Å². The van der Waals surface area contributed by atoms with E-state index in [2.05, 4.69) is 31.5 Å². The van der Waals surface area contributed by atoms with Crippen molar-refractivity contribution in [2.24, 2.45) is 11.8 Å². The smallest absolute Gasteiger partial charge is 0.185 e. The van der Waals surface area contributed by atoms with Crippen LogP contribution in [0.1, 0.15) is 44.4 Å². The molecule has 0 unspecified atom stereocenters. The zero-order valence-corrected chi connectivity index (χ0v) is 17.1. The summed E-state index contributed by atoms with van der Waals surface area (Å²) in [6, 6.07) is 6.82. The summed E-state index contributed by atoms with van der Waals surface area (Å²) >= 11 is 4.48. The van der Waals surface area contributed by atoms with Crippen LogP contribution in [-0.4, -0.2) is 29.0 Å². The van der Waals surface area contributed by atoms with Crippen LogP contribution in [0.5, 0.6) is 0 Å². The maximum Gasteiger partial charge on any atom is 0.185 e. The monoisotopic (exact) mass is 400 g/mol. The standard InChI is InChI=1S/C22H25FN2O2S/c1-13-16-8-7-15-18(14-5-3-4-6-17(14)23)24-20(28)25-19(15)21(16,2)9-10-22(13)26-11-12-27-22/h3-6,13,16H,7-12H2,1-2H3,(H,24,25,28)/t13-,16-,21-/m1/s1. The van der Waals surface area contributed by atoms with Crippen molar-refractivity contribution in [2.75, 3.05) is 13.2 Å². The Morgan fingerprint density at radius 1 is 1.14 bits per heavy atom. The van der Waals surface area contributed by atoms with Gasteiger partial charge >= 0.3 is 0 Å². The van der Waals surface area contributed by atoms with Crippen LogP contribution in [0.2, 0.25) is 0 Å². The summed E-state index contributed by atoms with van der Waals surface area (Å²) in [7, 11) is 0. The highest BCUT2D eigenvalue weighted by Gasteiger charge is 2.57. The van der Waals surface area contributed by atoms with Gasteiger partial charge in [0.15, 0.2) is 10.9 Å². The number of nitrogens with zero attached hydrogens (tertiary/aromatic N) is 2. The van der Waals surface area contributed by atoms with Crippen molar-refractivity contribution in [1.29, 1.82) is 0 Å². The molecule has 5 rings (SSSR count). The second kappa shape index (κ2) is 6.51. The fraction of sp³-hybridized carbons (Fsp3) is 0.545. The average Bonchev–Trinajstić information content (AvgIpc) is 3.16. The van der Waals surface area contributed by atoms with Gasteiger partial charge in [-0.25, -0.2) is 14.4 Å². The third kappa shape index (κ3) is 2.57. The van der Waals surface area contributed by atoms with Gasteiger partial charge in [-0.2, -0.15) is 0 Å². The molecule has 0 N–H and O–H groups in total. The minimum Gasteiger partial charge on any atom is -0.347 e. The normalized spacial score (nSPS) is 30.9. The van der Waals surface area contributed by atoms with E-state index in [1.54, 1.807) is 12.1 Å². The van der Waals surface area contributed by atoms with Crippen molar-refractivity contribution < 1.29 is 13.9 Å².